The second kappa shape index (κ2) is 3.67. The van der Waals surface area contributed by atoms with Crippen LogP contribution in [0.15, 0.2) is 41.8 Å². The van der Waals surface area contributed by atoms with Crippen molar-refractivity contribution in [2.24, 2.45) is 0 Å². The fourth-order valence-electron chi connectivity index (χ4n) is 1.25. The summed E-state index contributed by atoms with van der Waals surface area (Å²) in [6.45, 7) is 5.61. The van der Waals surface area contributed by atoms with Gasteiger partial charge in [0.25, 0.3) is 0 Å². The first kappa shape index (κ1) is 9.62. The molecule has 0 aromatic heterocycles. The molecule has 1 heterocycles. The van der Waals surface area contributed by atoms with Crippen molar-refractivity contribution in [1.29, 1.82) is 0 Å². The van der Waals surface area contributed by atoms with Crippen molar-refractivity contribution >= 4 is 10.8 Å². The van der Waals surface area contributed by atoms with E-state index in [4.69, 9.17) is 4.74 Å². The fourth-order valence-corrected chi connectivity index (χ4v) is 2.51. The van der Waals surface area contributed by atoms with Crippen molar-refractivity contribution in [1.82, 2.24) is 0 Å². The van der Waals surface area contributed by atoms with Crippen LogP contribution in [0.4, 0.5) is 0 Å². The molecule has 2 rings (SSSR count). The third-order valence-electron chi connectivity index (χ3n) is 2.18. The molecule has 1 fully saturated rings. The molecule has 0 amide bonds. The molecule has 0 N–H and O–H groups in total. The molecule has 0 spiro atoms. The zero-order chi connectivity index (χ0) is 10.1. The standard InChI is InChI=1S/C11H12O2S/c1-3-10-11(13-10)14(12)9-6-4-8(2)5-7-9/h3-7,10-11H,1H2,2H3/t10-,11+,14-/m0/s1. The molecular formula is C11H12O2S. The molecule has 0 radical (unpaired) electrons. The van der Waals surface area contributed by atoms with E-state index in [0.29, 0.717) is 0 Å². The van der Waals surface area contributed by atoms with Crippen LogP contribution in [0.2, 0.25) is 0 Å². The highest BCUT2D eigenvalue weighted by Gasteiger charge is 2.42. The van der Waals surface area contributed by atoms with Gasteiger partial charge in [-0.2, -0.15) is 0 Å². The molecule has 1 aromatic carbocycles. The van der Waals surface area contributed by atoms with E-state index in [9.17, 15) is 4.21 Å². The highest BCUT2D eigenvalue weighted by Crippen LogP contribution is 2.30. The lowest BCUT2D eigenvalue weighted by Crippen LogP contribution is -2.01. The number of epoxide rings is 1. The van der Waals surface area contributed by atoms with Crippen LogP contribution in [0.3, 0.4) is 0 Å². The molecule has 74 valence electrons. The second-order valence-electron chi connectivity index (χ2n) is 3.32. The lowest BCUT2D eigenvalue weighted by atomic mass is 10.2. The average molecular weight is 208 g/mol. The van der Waals surface area contributed by atoms with Crippen LogP contribution < -0.4 is 0 Å². The molecule has 1 saturated heterocycles. The number of hydrogen-bond donors (Lipinski definition) is 0. The Hall–Kier alpha value is -0.930. The van der Waals surface area contributed by atoms with Gasteiger partial charge in [0.15, 0.2) is 5.44 Å². The lowest BCUT2D eigenvalue weighted by molar-refractivity contribution is 0.425. The van der Waals surface area contributed by atoms with Crippen LogP contribution in [-0.2, 0) is 15.5 Å². The summed E-state index contributed by atoms with van der Waals surface area (Å²) in [6, 6.07) is 7.68. The van der Waals surface area contributed by atoms with Gasteiger partial charge in [0.05, 0.1) is 10.8 Å². The predicted molar refractivity (Wildman–Crippen MR) is 56.4 cm³/mol. The molecule has 0 aliphatic carbocycles. The van der Waals surface area contributed by atoms with E-state index in [-0.39, 0.29) is 11.5 Å². The van der Waals surface area contributed by atoms with Gasteiger partial charge in [0, 0.05) is 4.90 Å². The lowest BCUT2D eigenvalue weighted by Gasteiger charge is -1.98. The van der Waals surface area contributed by atoms with E-state index in [1.807, 2.05) is 31.2 Å². The molecule has 3 heteroatoms. The Bertz CT molecular complexity index is 369. The van der Waals surface area contributed by atoms with Gasteiger partial charge < -0.3 is 4.74 Å². The minimum Gasteiger partial charge on any atom is -0.350 e. The van der Waals surface area contributed by atoms with Gasteiger partial charge in [-0.1, -0.05) is 23.8 Å². The SMILES string of the molecule is C=C[C@@H]1O[C@@H]1[S@@](=O)c1ccc(C)cc1. The Morgan fingerprint density at radius 2 is 2.07 bits per heavy atom. The molecule has 3 atom stereocenters. The van der Waals surface area contributed by atoms with Crippen LogP contribution in [0, 0.1) is 6.92 Å². The van der Waals surface area contributed by atoms with Gasteiger partial charge >= 0.3 is 0 Å². The molecule has 1 aliphatic heterocycles. The van der Waals surface area contributed by atoms with Crippen molar-refractivity contribution in [2.45, 2.75) is 23.4 Å². The number of ether oxygens (including phenoxy) is 1. The monoisotopic (exact) mass is 208 g/mol. The average Bonchev–Trinajstić information content (AvgIpc) is 2.97. The first-order chi connectivity index (χ1) is 6.72. The first-order valence-electron chi connectivity index (χ1n) is 4.47. The van der Waals surface area contributed by atoms with E-state index in [1.165, 1.54) is 5.56 Å². The van der Waals surface area contributed by atoms with E-state index in [0.717, 1.165) is 4.90 Å². The zero-order valence-electron chi connectivity index (χ0n) is 7.97. The van der Waals surface area contributed by atoms with Crippen molar-refractivity contribution in [3.05, 3.63) is 42.5 Å². The van der Waals surface area contributed by atoms with Gasteiger partial charge in [-0.25, -0.2) is 0 Å². The summed E-state index contributed by atoms with van der Waals surface area (Å²) in [4.78, 5) is 0.824. The third-order valence-corrected chi connectivity index (χ3v) is 3.72. The van der Waals surface area contributed by atoms with E-state index < -0.39 is 10.8 Å². The molecule has 0 saturated carbocycles. The van der Waals surface area contributed by atoms with Crippen LogP contribution in [-0.4, -0.2) is 15.7 Å². The Balaban J connectivity index is 2.12. The molecule has 14 heavy (non-hydrogen) atoms. The maximum atomic E-state index is 11.8. The van der Waals surface area contributed by atoms with Crippen LogP contribution >= 0.6 is 0 Å². The van der Waals surface area contributed by atoms with Crippen LogP contribution in [0.25, 0.3) is 0 Å². The molecule has 1 aromatic rings. The van der Waals surface area contributed by atoms with E-state index >= 15 is 0 Å². The molecule has 2 nitrogen and oxygen atoms in total. The van der Waals surface area contributed by atoms with Gasteiger partial charge in [0.2, 0.25) is 0 Å². The number of hydrogen-bond acceptors (Lipinski definition) is 2. The quantitative estimate of drug-likeness (QED) is 0.562. The largest absolute Gasteiger partial charge is 0.350 e. The highest BCUT2D eigenvalue weighted by atomic mass is 32.2. The number of benzene rings is 1. The van der Waals surface area contributed by atoms with Crippen molar-refractivity contribution < 1.29 is 8.95 Å². The summed E-state index contributed by atoms with van der Waals surface area (Å²) in [6.07, 6.45) is 1.66. The van der Waals surface area contributed by atoms with Gasteiger partial charge in [-0.3, -0.25) is 4.21 Å². The van der Waals surface area contributed by atoms with Crippen molar-refractivity contribution in [2.75, 3.05) is 0 Å². The molecular weight excluding hydrogens is 196 g/mol. The predicted octanol–water partition coefficient (Wildman–Crippen LogP) is 2.01. The van der Waals surface area contributed by atoms with E-state index in [1.54, 1.807) is 6.08 Å². The van der Waals surface area contributed by atoms with Gasteiger partial charge in [-0.05, 0) is 19.1 Å². The van der Waals surface area contributed by atoms with Gasteiger partial charge in [0.1, 0.15) is 6.10 Å². The third kappa shape index (κ3) is 1.79. The topological polar surface area (TPSA) is 29.6 Å². The summed E-state index contributed by atoms with van der Waals surface area (Å²) in [5.41, 5.74) is 0.984. The maximum Gasteiger partial charge on any atom is 0.167 e. The summed E-state index contributed by atoms with van der Waals surface area (Å²) in [5.74, 6) is 0. The number of rotatable bonds is 3. The smallest absolute Gasteiger partial charge is 0.167 e. The first-order valence-corrected chi connectivity index (χ1v) is 5.69. The summed E-state index contributed by atoms with van der Waals surface area (Å²) >= 11 is 0. The Morgan fingerprint density at radius 3 is 2.57 bits per heavy atom. The minimum absolute atomic E-state index is 0.0304. The Kier molecular flexibility index (Phi) is 2.52. The van der Waals surface area contributed by atoms with E-state index in [2.05, 4.69) is 6.58 Å². The Morgan fingerprint density at radius 1 is 1.43 bits per heavy atom. The normalized spacial score (nSPS) is 26.9. The minimum atomic E-state index is -1.06. The maximum absolute atomic E-state index is 11.8. The summed E-state index contributed by atoms with van der Waals surface area (Å²) in [7, 11) is -1.06. The molecule has 1 aliphatic rings. The second-order valence-corrected chi connectivity index (χ2v) is 4.85. The van der Waals surface area contributed by atoms with Crippen molar-refractivity contribution in [3.8, 4) is 0 Å². The van der Waals surface area contributed by atoms with Gasteiger partial charge in [-0.15, -0.1) is 6.58 Å². The Labute approximate surface area is 86.0 Å². The molecule has 0 unspecified atom stereocenters. The fraction of sp³-hybridized carbons (Fsp3) is 0.273. The molecule has 0 bridgehead atoms. The highest BCUT2D eigenvalue weighted by molar-refractivity contribution is 7.85. The van der Waals surface area contributed by atoms with Crippen LogP contribution in [0.5, 0.6) is 0 Å². The zero-order valence-corrected chi connectivity index (χ0v) is 8.79. The number of aryl methyl sites for hydroxylation is 1. The summed E-state index contributed by atoms with van der Waals surface area (Å²) < 4.78 is 17.0. The summed E-state index contributed by atoms with van der Waals surface area (Å²) in [5, 5.41) is 0. The van der Waals surface area contributed by atoms with Crippen molar-refractivity contribution in [3.63, 3.8) is 0 Å². The van der Waals surface area contributed by atoms with Crippen LogP contribution in [0.1, 0.15) is 5.56 Å².